The molecule has 2 aromatic rings. The molecule has 3 rings (SSSR count). The van der Waals surface area contributed by atoms with Gasteiger partial charge in [-0.15, -0.1) is 0 Å². The molecular weight excluding hydrogens is 371 g/mol. The number of ether oxygens (including phenoxy) is 2. The molecule has 1 atom stereocenters. The van der Waals surface area contributed by atoms with Crippen molar-refractivity contribution in [2.45, 2.75) is 13.0 Å². The second-order valence-electron chi connectivity index (χ2n) is 7.11. The fraction of sp³-hybridized carbons (Fsp3) is 0.348. The van der Waals surface area contributed by atoms with Crippen LogP contribution in [-0.2, 0) is 9.53 Å². The highest BCUT2D eigenvalue weighted by molar-refractivity contribution is 5.92. The van der Waals surface area contributed by atoms with E-state index in [2.05, 4.69) is 10.2 Å². The molecule has 5 nitrogen and oxygen atoms in total. The van der Waals surface area contributed by atoms with Gasteiger partial charge in [0.05, 0.1) is 26.4 Å². The van der Waals surface area contributed by atoms with Crippen LogP contribution in [0.15, 0.2) is 48.5 Å². The smallest absolute Gasteiger partial charge is 0.244 e. The van der Waals surface area contributed by atoms with Crippen LogP contribution in [0.25, 0.3) is 6.08 Å². The number of morpholine rings is 1. The van der Waals surface area contributed by atoms with Gasteiger partial charge in [0, 0.05) is 25.7 Å². The molecule has 1 amide bonds. The normalized spacial score (nSPS) is 16.0. The minimum Gasteiger partial charge on any atom is -0.494 e. The lowest BCUT2D eigenvalue weighted by atomic mass is 10.0. The number of hydrogen-bond acceptors (Lipinski definition) is 4. The molecule has 6 heteroatoms. The lowest BCUT2D eigenvalue weighted by Crippen LogP contribution is -2.42. The van der Waals surface area contributed by atoms with Gasteiger partial charge in [-0.3, -0.25) is 9.69 Å². The number of amides is 1. The van der Waals surface area contributed by atoms with Crippen LogP contribution >= 0.6 is 0 Å². The van der Waals surface area contributed by atoms with E-state index in [-0.39, 0.29) is 17.7 Å². The quantitative estimate of drug-likeness (QED) is 0.727. The Hall–Kier alpha value is -2.70. The molecule has 0 saturated carbocycles. The zero-order chi connectivity index (χ0) is 20.6. The Kier molecular flexibility index (Phi) is 7.38. The SMILES string of the molecule is COc1ccc(/C=C/C(=O)N[C@H](CN2CCOCC2)c2ccc(C)cc2)cc1F. The third-order valence-electron chi connectivity index (χ3n) is 4.94. The summed E-state index contributed by atoms with van der Waals surface area (Å²) in [6, 6.07) is 12.6. The number of rotatable bonds is 7. The molecule has 0 bridgehead atoms. The molecule has 0 spiro atoms. The van der Waals surface area contributed by atoms with Crippen molar-refractivity contribution >= 4 is 12.0 Å². The lowest BCUT2D eigenvalue weighted by Gasteiger charge is -2.31. The van der Waals surface area contributed by atoms with E-state index in [1.165, 1.54) is 24.8 Å². The molecule has 1 fully saturated rings. The van der Waals surface area contributed by atoms with E-state index in [0.717, 1.165) is 18.7 Å². The van der Waals surface area contributed by atoms with Crippen molar-refractivity contribution in [1.29, 1.82) is 0 Å². The standard InChI is InChI=1S/C23H27FN2O3/c1-17-3-7-19(8-4-17)21(16-26-11-13-29-14-12-26)25-23(27)10-6-18-5-9-22(28-2)20(24)15-18/h3-10,15,21H,11-14,16H2,1-2H3,(H,25,27)/b10-6+/t21-/m1/s1. The van der Waals surface area contributed by atoms with Crippen LogP contribution in [0.4, 0.5) is 4.39 Å². The predicted octanol–water partition coefficient (Wildman–Crippen LogP) is 3.35. The fourth-order valence-corrected chi connectivity index (χ4v) is 3.25. The maximum Gasteiger partial charge on any atom is 0.244 e. The zero-order valence-electron chi connectivity index (χ0n) is 16.9. The first-order valence-corrected chi connectivity index (χ1v) is 9.74. The van der Waals surface area contributed by atoms with Crippen LogP contribution < -0.4 is 10.1 Å². The second-order valence-corrected chi connectivity index (χ2v) is 7.11. The zero-order valence-corrected chi connectivity index (χ0v) is 16.9. The molecule has 29 heavy (non-hydrogen) atoms. The molecule has 1 aliphatic rings. The molecule has 1 aliphatic heterocycles. The van der Waals surface area contributed by atoms with Gasteiger partial charge in [0.15, 0.2) is 11.6 Å². The van der Waals surface area contributed by atoms with Crippen molar-refractivity contribution in [2.75, 3.05) is 40.0 Å². The molecule has 0 unspecified atom stereocenters. The van der Waals surface area contributed by atoms with Gasteiger partial charge in [-0.05, 0) is 36.3 Å². The summed E-state index contributed by atoms with van der Waals surface area (Å²) in [7, 11) is 1.42. The Morgan fingerprint density at radius 1 is 1.24 bits per heavy atom. The van der Waals surface area contributed by atoms with Crippen LogP contribution in [0.5, 0.6) is 5.75 Å². The van der Waals surface area contributed by atoms with E-state index in [1.54, 1.807) is 18.2 Å². The summed E-state index contributed by atoms with van der Waals surface area (Å²) in [5.74, 6) is -0.503. The Labute approximate surface area is 171 Å². The Balaban J connectivity index is 1.69. The molecule has 1 N–H and O–H groups in total. The lowest BCUT2D eigenvalue weighted by molar-refractivity contribution is -0.117. The highest BCUT2D eigenvalue weighted by Crippen LogP contribution is 2.19. The summed E-state index contributed by atoms with van der Waals surface area (Å²) in [5, 5.41) is 3.08. The van der Waals surface area contributed by atoms with Crippen LogP contribution in [0.3, 0.4) is 0 Å². The third kappa shape index (κ3) is 6.14. The molecule has 0 aromatic heterocycles. The molecule has 154 valence electrons. The highest BCUT2D eigenvalue weighted by atomic mass is 19.1. The highest BCUT2D eigenvalue weighted by Gasteiger charge is 2.19. The molecule has 0 aliphatic carbocycles. The van der Waals surface area contributed by atoms with Gasteiger partial charge in [-0.25, -0.2) is 4.39 Å². The third-order valence-corrected chi connectivity index (χ3v) is 4.94. The number of halogens is 1. The van der Waals surface area contributed by atoms with E-state index in [0.29, 0.717) is 25.3 Å². The largest absolute Gasteiger partial charge is 0.494 e. The molecule has 2 aromatic carbocycles. The Morgan fingerprint density at radius 2 is 1.97 bits per heavy atom. The number of aryl methyl sites for hydroxylation is 1. The van der Waals surface area contributed by atoms with Crippen molar-refractivity contribution in [2.24, 2.45) is 0 Å². The summed E-state index contributed by atoms with van der Waals surface area (Å²) in [6.07, 6.45) is 3.03. The summed E-state index contributed by atoms with van der Waals surface area (Å²) < 4.78 is 24.2. The van der Waals surface area contributed by atoms with Crippen LogP contribution in [0.2, 0.25) is 0 Å². The maximum atomic E-state index is 13.8. The number of carbonyl (C=O) groups excluding carboxylic acids is 1. The number of benzene rings is 2. The average molecular weight is 398 g/mol. The topological polar surface area (TPSA) is 50.8 Å². The van der Waals surface area contributed by atoms with Crippen molar-refractivity contribution in [1.82, 2.24) is 10.2 Å². The monoisotopic (exact) mass is 398 g/mol. The van der Waals surface area contributed by atoms with Crippen molar-refractivity contribution in [3.8, 4) is 5.75 Å². The summed E-state index contributed by atoms with van der Waals surface area (Å²) in [4.78, 5) is 14.8. The maximum absolute atomic E-state index is 13.8. The van der Waals surface area contributed by atoms with Crippen molar-refractivity contribution in [3.05, 3.63) is 71.0 Å². The van der Waals surface area contributed by atoms with E-state index in [1.807, 2.05) is 31.2 Å². The summed E-state index contributed by atoms with van der Waals surface area (Å²) in [5.41, 5.74) is 2.82. The molecule has 1 heterocycles. The van der Waals surface area contributed by atoms with Gasteiger partial charge < -0.3 is 14.8 Å². The van der Waals surface area contributed by atoms with E-state index < -0.39 is 5.82 Å². The van der Waals surface area contributed by atoms with Crippen LogP contribution in [0.1, 0.15) is 22.7 Å². The van der Waals surface area contributed by atoms with Gasteiger partial charge in [-0.1, -0.05) is 35.9 Å². The van der Waals surface area contributed by atoms with E-state index >= 15 is 0 Å². The average Bonchev–Trinajstić information content (AvgIpc) is 2.73. The van der Waals surface area contributed by atoms with Gasteiger partial charge in [0.1, 0.15) is 0 Å². The molecular formula is C23H27FN2O3. The number of nitrogens with zero attached hydrogens (tertiary/aromatic N) is 1. The number of nitrogens with one attached hydrogen (secondary N) is 1. The first-order chi connectivity index (χ1) is 14.0. The van der Waals surface area contributed by atoms with Crippen molar-refractivity contribution in [3.63, 3.8) is 0 Å². The number of carbonyl (C=O) groups is 1. The first kappa shape index (κ1) is 21.0. The Bertz CT molecular complexity index is 846. The van der Waals surface area contributed by atoms with Gasteiger partial charge in [0.2, 0.25) is 5.91 Å². The fourth-order valence-electron chi connectivity index (χ4n) is 3.25. The van der Waals surface area contributed by atoms with Crippen LogP contribution in [-0.4, -0.2) is 50.8 Å². The second kappa shape index (κ2) is 10.2. The summed E-state index contributed by atoms with van der Waals surface area (Å²) >= 11 is 0. The minimum absolute atomic E-state index is 0.140. The van der Waals surface area contributed by atoms with Gasteiger partial charge in [0.25, 0.3) is 0 Å². The van der Waals surface area contributed by atoms with E-state index in [4.69, 9.17) is 9.47 Å². The number of methoxy groups -OCH3 is 1. The first-order valence-electron chi connectivity index (χ1n) is 9.74. The van der Waals surface area contributed by atoms with Gasteiger partial charge in [-0.2, -0.15) is 0 Å². The van der Waals surface area contributed by atoms with Gasteiger partial charge >= 0.3 is 0 Å². The number of hydrogen-bond donors (Lipinski definition) is 1. The van der Waals surface area contributed by atoms with E-state index in [9.17, 15) is 9.18 Å². The predicted molar refractivity (Wildman–Crippen MR) is 111 cm³/mol. The molecule has 0 radical (unpaired) electrons. The summed E-state index contributed by atoms with van der Waals surface area (Å²) in [6.45, 7) is 5.85. The Morgan fingerprint density at radius 3 is 2.62 bits per heavy atom. The molecule has 1 saturated heterocycles. The van der Waals surface area contributed by atoms with Crippen molar-refractivity contribution < 1.29 is 18.7 Å². The van der Waals surface area contributed by atoms with Crippen LogP contribution in [0, 0.1) is 12.7 Å². The minimum atomic E-state index is -0.458.